The molecule has 4 nitrogen and oxygen atoms in total. The maximum atomic E-state index is 12.5. The Balaban J connectivity index is 2.10. The molecule has 0 radical (unpaired) electrons. The Morgan fingerprint density at radius 1 is 1.12 bits per heavy atom. The highest BCUT2D eigenvalue weighted by molar-refractivity contribution is 5.84. The predicted molar refractivity (Wildman–Crippen MR) is 103 cm³/mol. The van der Waals surface area contributed by atoms with Crippen LogP contribution in [0.2, 0.25) is 0 Å². The zero-order valence-electron chi connectivity index (χ0n) is 15.0. The van der Waals surface area contributed by atoms with Gasteiger partial charge in [0, 0.05) is 18.9 Å². The van der Waals surface area contributed by atoms with E-state index in [9.17, 15) is 14.7 Å². The number of hydrogen-bond acceptors (Lipinski definition) is 2. The summed E-state index contributed by atoms with van der Waals surface area (Å²) in [5, 5.41) is 12.7. The first-order valence-corrected chi connectivity index (χ1v) is 8.76. The molecule has 2 atom stereocenters. The van der Waals surface area contributed by atoms with E-state index in [1.807, 2.05) is 55.5 Å². The molecule has 2 rings (SSSR count). The third-order valence-electron chi connectivity index (χ3n) is 4.84. The molecule has 1 amide bonds. The third kappa shape index (κ3) is 4.39. The van der Waals surface area contributed by atoms with E-state index in [4.69, 9.17) is 0 Å². The Morgan fingerprint density at radius 2 is 1.69 bits per heavy atom. The fourth-order valence-corrected chi connectivity index (χ4v) is 3.10. The Bertz CT molecular complexity index is 742. The average molecular weight is 351 g/mol. The van der Waals surface area contributed by atoms with Crippen LogP contribution in [0.3, 0.4) is 0 Å². The lowest BCUT2D eigenvalue weighted by atomic mass is 9.78. The highest BCUT2D eigenvalue weighted by atomic mass is 16.4. The minimum Gasteiger partial charge on any atom is -0.481 e. The maximum Gasteiger partial charge on any atom is 0.315 e. The van der Waals surface area contributed by atoms with Gasteiger partial charge in [0.05, 0.1) is 0 Å². The van der Waals surface area contributed by atoms with Gasteiger partial charge in [-0.2, -0.15) is 0 Å². The minimum atomic E-state index is -1.13. The molecule has 0 saturated carbocycles. The van der Waals surface area contributed by atoms with Crippen LogP contribution < -0.4 is 5.32 Å². The summed E-state index contributed by atoms with van der Waals surface area (Å²) < 4.78 is 0. The number of amides is 1. The first kappa shape index (κ1) is 19.4. The summed E-state index contributed by atoms with van der Waals surface area (Å²) in [6, 6.07) is 18.7. The number of aliphatic carboxylic acids is 1. The summed E-state index contributed by atoms with van der Waals surface area (Å²) in [5.74, 6) is -1.22. The Hall–Kier alpha value is -2.88. The second-order valence-corrected chi connectivity index (χ2v) is 6.34. The number of carbonyl (C=O) groups is 2. The minimum absolute atomic E-state index is 0.0559. The van der Waals surface area contributed by atoms with Crippen LogP contribution in [-0.4, -0.2) is 23.5 Å². The molecule has 0 aliphatic rings. The van der Waals surface area contributed by atoms with Crippen LogP contribution >= 0.6 is 0 Å². The quantitative estimate of drug-likeness (QED) is 0.674. The molecule has 2 unspecified atom stereocenters. The summed E-state index contributed by atoms with van der Waals surface area (Å²) >= 11 is 0. The number of carbonyl (C=O) groups excluding carboxylic acids is 1. The van der Waals surface area contributed by atoms with Crippen molar-refractivity contribution in [3.05, 3.63) is 84.4 Å². The summed E-state index contributed by atoms with van der Waals surface area (Å²) in [5.41, 5.74) is 0.576. The number of allylic oxidation sites excluding steroid dienone is 1. The van der Waals surface area contributed by atoms with Crippen LogP contribution in [-0.2, 0) is 15.0 Å². The largest absolute Gasteiger partial charge is 0.481 e. The molecule has 2 N–H and O–H groups in total. The van der Waals surface area contributed by atoms with Crippen molar-refractivity contribution in [1.82, 2.24) is 5.32 Å². The molecule has 4 heteroatoms. The summed E-state index contributed by atoms with van der Waals surface area (Å²) in [4.78, 5) is 24.4. The van der Waals surface area contributed by atoms with E-state index in [2.05, 4.69) is 11.9 Å². The lowest BCUT2D eigenvalue weighted by Crippen LogP contribution is -2.46. The van der Waals surface area contributed by atoms with Gasteiger partial charge in [0.25, 0.3) is 0 Å². The predicted octanol–water partition coefficient (Wildman–Crippen LogP) is 3.90. The van der Waals surface area contributed by atoms with Crippen LogP contribution in [0.15, 0.2) is 73.3 Å². The van der Waals surface area contributed by atoms with Crippen molar-refractivity contribution >= 4 is 11.9 Å². The van der Waals surface area contributed by atoms with Gasteiger partial charge in [0.1, 0.15) is 5.41 Å². The maximum absolute atomic E-state index is 12.5. The Morgan fingerprint density at radius 3 is 2.19 bits per heavy atom. The van der Waals surface area contributed by atoms with Gasteiger partial charge in [0.2, 0.25) is 5.91 Å². The molecule has 0 aromatic heterocycles. The molecule has 136 valence electrons. The highest BCUT2D eigenvalue weighted by Gasteiger charge is 2.39. The van der Waals surface area contributed by atoms with Gasteiger partial charge >= 0.3 is 5.97 Å². The highest BCUT2D eigenvalue weighted by Crippen LogP contribution is 2.28. The first-order valence-electron chi connectivity index (χ1n) is 8.76. The molecule has 0 spiro atoms. The first-order chi connectivity index (χ1) is 12.5. The molecular formula is C22H25NO3. The fourth-order valence-electron chi connectivity index (χ4n) is 3.10. The lowest BCUT2D eigenvalue weighted by molar-refractivity contribution is -0.144. The van der Waals surface area contributed by atoms with Crippen LogP contribution in [0, 0.1) is 0 Å². The second-order valence-electron chi connectivity index (χ2n) is 6.34. The van der Waals surface area contributed by atoms with Gasteiger partial charge in [0.15, 0.2) is 0 Å². The van der Waals surface area contributed by atoms with E-state index in [0.717, 1.165) is 5.56 Å². The molecule has 0 saturated heterocycles. The van der Waals surface area contributed by atoms with E-state index in [1.165, 1.54) is 0 Å². The summed E-state index contributed by atoms with van der Waals surface area (Å²) in [6.45, 7) is 5.70. The van der Waals surface area contributed by atoms with Crippen molar-refractivity contribution in [2.75, 3.05) is 6.54 Å². The van der Waals surface area contributed by atoms with Gasteiger partial charge < -0.3 is 10.4 Å². The number of carboxylic acids is 1. The lowest BCUT2D eigenvalue weighted by Gasteiger charge is -2.29. The van der Waals surface area contributed by atoms with Crippen LogP contribution in [0.4, 0.5) is 0 Å². The molecule has 2 aromatic carbocycles. The summed E-state index contributed by atoms with van der Waals surface area (Å²) in [7, 11) is 0. The van der Waals surface area contributed by atoms with E-state index in [0.29, 0.717) is 12.0 Å². The van der Waals surface area contributed by atoms with E-state index in [1.54, 1.807) is 18.2 Å². The smallest absolute Gasteiger partial charge is 0.315 e. The zero-order chi connectivity index (χ0) is 19.0. The van der Waals surface area contributed by atoms with Gasteiger partial charge in [-0.1, -0.05) is 73.7 Å². The third-order valence-corrected chi connectivity index (χ3v) is 4.84. The van der Waals surface area contributed by atoms with E-state index in [-0.39, 0.29) is 24.8 Å². The molecule has 0 aliphatic carbocycles. The van der Waals surface area contributed by atoms with E-state index < -0.39 is 11.4 Å². The molecule has 0 aliphatic heterocycles. The van der Waals surface area contributed by atoms with Gasteiger partial charge in [-0.05, 0) is 17.5 Å². The monoisotopic (exact) mass is 351 g/mol. The van der Waals surface area contributed by atoms with Crippen molar-refractivity contribution in [2.24, 2.45) is 0 Å². The second kappa shape index (κ2) is 8.99. The number of rotatable bonds is 9. The zero-order valence-corrected chi connectivity index (χ0v) is 15.0. The number of carboxylic acid groups (broad SMARTS) is 1. The summed E-state index contributed by atoms with van der Waals surface area (Å²) in [6.07, 6.45) is 2.37. The number of hydrogen-bond donors (Lipinski definition) is 2. The standard InChI is InChI=1S/C22H25NO3/c1-3-17(18-11-7-5-8-12-18)15-20(24)23-16-22(4-2,21(25)26)19-13-9-6-10-14-19/h3,5-14,17H,1,4,15-16H2,2H3,(H,23,24)(H,25,26). The Kier molecular flexibility index (Phi) is 6.73. The SMILES string of the molecule is C=CC(CC(=O)NCC(CC)(C(=O)O)c1ccccc1)c1ccccc1. The van der Waals surface area contributed by atoms with Crippen LogP contribution in [0.25, 0.3) is 0 Å². The molecule has 0 fully saturated rings. The van der Waals surface area contributed by atoms with Crippen LogP contribution in [0.1, 0.15) is 36.8 Å². The number of nitrogens with one attached hydrogen (secondary N) is 1. The molecule has 0 bridgehead atoms. The van der Waals surface area contributed by atoms with Crippen molar-refractivity contribution in [3.8, 4) is 0 Å². The normalized spacial score (nSPS) is 14.0. The van der Waals surface area contributed by atoms with Gasteiger partial charge in [-0.25, -0.2) is 0 Å². The van der Waals surface area contributed by atoms with Crippen LogP contribution in [0.5, 0.6) is 0 Å². The topological polar surface area (TPSA) is 66.4 Å². The van der Waals surface area contributed by atoms with Gasteiger partial charge in [-0.15, -0.1) is 6.58 Å². The van der Waals surface area contributed by atoms with Crippen molar-refractivity contribution < 1.29 is 14.7 Å². The number of benzene rings is 2. The molecule has 0 heterocycles. The fraction of sp³-hybridized carbons (Fsp3) is 0.273. The average Bonchev–Trinajstić information content (AvgIpc) is 2.68. The van der Waals surface area contributed by atoms with E-state index >= 15 is 0 Å². The van der Waals surface area contributed by atoms with Crippen molar-refractivity contribution in [3.63, 3.8) is 0 Å². The van der Waals surface area contributed by atoms with Crippen molar-refractivity contribution in [2.45, 2.75) is 31.1 Å². The Labute approximate surface area is 154 Å². The molecule has 2 aromatic rings. The molecule has 26 heavy (non-hydrogen) atoms. The van der Waals surface area contributed by atoms with Crippen molar-refractivity contribution in [1.29, 1.82) is 0 Å². The molecular weight excluding hydrogens is 326 g/mol. The van der Waals surface area contributed by atoms with Gasteiger partial charge in [-0.3, -0.25) is 9.59 Å².